The lowest BCUT2D eigenvalue weighted by Crippen LogP contribution is -2.50. The van der Waals surface area contributed by atoms with Gasteiger partial charge in [-0.25, -0.2) is 0 Å². The number of nitrogens with zero attached hydrogens (tertiary/aromatic N) is 2. The molecule has 0 N–H and O–H groups in total. The van der Waals surface area contributed by atoms with Gasteiger partial charge in [0.1, 0.15) is 18.1 Å². The molecule has 2 heterocycles. The topological polar surface area (TPSA) is 75.7 Å². The van der Waals surface area contributed by atoms with Crippen molar-refractivity contribution in [2.24, 2.45) is 0 Å². The van der Waals surface area contributed by atoms with E-state index in [4.69, 9.17) is 19.2 Å². The average molecular weight is 340 g/mol. The Morgan fingerprint density at radius 1 is 1.28 bits per heavy atom. The third-order valence-electron chi connectivity index (χ3n) is 4.11. The SMILES string of the molecule is C[C@H]1CN(C(=O)c2ccc(COc3ccc(C#N)cc3)o2)[C@@H](C)CO1. The second-order valence-electron chi connectivity index (χ2n) is 6.14. The molecule has 0 radical (unpaired) electrons. The number of carbonyl (C=O) groups is 1. The van der Waals surface area contributed by atoms with E-state index in [1.54, 1.807) is 41.3 Å². The molecule has 6 nitrogen and oxygen atoms in total. The molecule has 25 heavy (non-hydrogen) atoms. The molecule has 0 saturated carbocycles. The van der Waals surface area contributed by atoms with Crippen molar-refractivity contribution in [1.29, 1.82) is 5.26 Å². The summed E-state index contributed by atoms with van der Waals surface area (Å²) in [5, 5.41) is 8.78. The number of carbonyl (C=O) groups excluding carboxylic acids is 1. The molecule has 6 heteroatoms. The molecule has 1 saturated heterocycles. The van der Waals surface area contributed by atoms with Crippen molar-refractivity contribution in [3.8, 4) is 11.8 Å². The van der Waals surface area contributed by atoms with Crippen molar-refractivity contribution in [3.05, 3.63) is 53.5 Å². The van der Waals surface area contributed by atoms with E-state index in [2.05, 4.69) is 6.07 Å². The molecule has 0 spiro atoms. The maximum absolute atomic E-state index is 12.6. The first-order valence-electron chi connectivity index (χ1n) is 8.21. The maximum Gasteiger partial charge on any atom is 0.289 e. The van der Waals surface area contributed by atoms with E-state index < -0.39 is 0 Å². The van der Waals surface area contributed by atoms with Gasteiger partial charge in [0, 0.05) is 6.54 Å². The van der Waals surface area contributed by atoms with E-state index in [0.717, 1.165) is 0 Å². The molecule has 1 aliphatic rings. The van der Waals surface area contributed by atoms with Gasteiger partial charge in [0.05, 0.1) is 30.4 Å². The van der Waals surface area contributed by atoms with Crippen LogP contribution >= 0.6 is 0 Å². The third-order valence-corrected chi connectivity index (χ3v) is 4.11. The van der Waals surface area contributed by atoms with Gasteiger partial charge < -0.3 is 18.8 Å². The second kappa shape index (κ2) is 7.41. The lowest BCUT2D eigenvalue weighted by Gasteiger charge is -2.36. The Balaban J connectivity index is 1.61. The molecule has 2 atom stereocenters. The van der Waals surface area contributed by atoms with Crippen LogP contribution in [0.3, 0.4) is 0 Å². The van der Waals surface area contributed by atoms with Crippen LogP contribution in [0.5, 0.6) is 5.75 Å². The fourth-order valence-corrected chi connectivity index (χ4v) is 2.68. The highest BCUT2D eigenvalue weighted by molar-refractivity contribution is 5.91. The van der Waals surface area contributed by atoms with Gasteiger partial charge in [-0.05, 0) is 50.2 Å². The molecule has 1 amide bonds. The van der Waals surface area contributed by atoms with Gasteiger partial charge in [0.2, 0.25) is 0 Å². The Morgan fingerprint density at radius 2 is 2.04 bits per heavy atom. The zero-order chi connectivity index (χ0) is 17.8. The highest BCUT2D eigenvalue weighted by Crippen LogP contribution is 2.19. The van der Waals surface area contributed by atoms with E-state index in [0.29, 0.717) is 36.0 Å². The Morgan fingerprint density at radius 3 is 2.76 bits per heavy atom. The van der Waals surface area contributed by atoms with Crippen LogP contribution in [0.4, 0.5) is 0 Å². The Labute approximate surface area is 146 Å². The summed E-state index contributed by atoms with van der Waals surface area (Å²) in [6, 6.07) is 12.3. The first-order valence-corrected chi connectivity index (χ1v) is 8.21. The number of amides is 1. The first kappa shape index (κ1) is 17.1. The molecule has 0 unspecified atom stereocenters. The number of benzene rings is 1. The molecular formula is C19H20N2O4. The van der Waals surface area contributed by atoms with Gasteiger partial charge in [0.15, 0.2) is 5.76 Å². The number of nitriles is 1. The molecule has 130 valence electrons. The minimum Gasteiger partial charge on any atom is -0.486 e. The lowest BCUT2D eigenvalue weighted by molar-refractivity contribution is -0.0397. The third kappa shape index (κ3) is 4.01. The number of morpholine rings is 1. The largest absolute Gasteiger partial charge is 0.486 e. The molecular weight excluding hydrogens is 320 g/mol. The van der Waals surface area contributed by atoms with Crippen LogP contribution in [-0.4, -0.2) is 36.1 Å². The summed E-state index contributed by atoms with van der Waals surface area (Å²) < 4.78 is 16.8. The van der Waals surface area contributed by atoms with Crippen LogP contribution in [0, 0.1) is 11.3 Å². The zero-order valence-electron chi connectivity index (χ0n) is 14.3. The normalized spacial score (nSPS) is 20.1. The Kier molecular flexibility index (Phi) is 5.05. The van der Waals surface area contributed by atoms with Crippen LogP contribution in [0.1, 0.15) is 35.7 Å². The van der Waals surface area contributed by atoms with Gasteiger partial charge in [0.25, 0.3) is 5.91 Å². The summed E-state index contributed by atoms with van der Waals surface area (Å²) in [6.07, 6.45) is 0.0225. The zero-order valence-corrected chi connectivity index (χ0v) is 14.3. The molecule has 1 aromatic carbocycles. The predicted molar refractivity (Wildman–Crippen MR) is 90.1 cm³/mol. The fourth-order valence-electron chi connectivity index (χ4n) is 2.68. The molecule has 1 aromatic heterocycles. The summed E-state index contributed by atoms with van der Waals surface area (Å²) in [7, 11) is 0. The molecule has 3 rings (SSSR count). The molecule has 0 aliphatic carbocycles. The van der Waals surface area contributed by atoms with Gasteiger partial charge in [-0.1, -0.05) is 0 Å². The van der Waals surface area contributed by atoms with E-state index in [1.165, 1.54) is 0 Å². The standard InChI is InChI=1S/C19H20N2O4/c1-13-11-23-14(2)10-21(13)19(22)18-8-7-17(25-18)12-24-16-5-3-15(9-20)4-6-16/h3-8,13-14H,10-12H2,1-2H3/t13-,14-/m0/s1. The minimum atomic E-state index is -0.132. The van der Waals surface area contributed by atoms with Crippen LogP contribution in [0.15, 0.2) is 40.8 Å². The van der Waals surface area contributed by atoms with Gasteiger partial charge in [-0.15, -0.1) is 0 Å². The van der Waals surface area contributed by atoms with Crippen LogP contribution < -0.4 is 4.74 Å². The van der Waals surface area contributed by atoms with Crippen molar-refractivity contribution in [1.82, 2.24) is 4.90 Å². The van der Waals surface area contributed by atoms with E-state index in [-0.39, 0.29) is 24.7 Å². The fraction of sp³-hybridized carbons (Fsp3) is 0.368. The average Bonchev–Trinajstić information content (AvgIpc) is 3.11. The number of hydrogen-bond acceptors (Lipinski definition) is 5. The maximum atomic E-state index is 12.6. The highest BCUT2D eigenvalue weighted by Gasteiger charge is 2.29. The van der Waals surface area contributed by atoms with Crippen LogP contribution in [-0.2, 0) is 11.3 Å². The first-order chi connectivity index (χ1) is 12.1. The van der Waals surface area contributed by atoms with Gasteiger partial charge in [-0.2, -0.15) is 5.26 Å². The van der Waals surface area contributed by atoms with E-state index in [1.807, 2.05) is 13.8 Å². The summed E-state index contributed by atoms with van der Waals surface area (Å²) in [6.45, 7) is 5.21. The van der Waals surface area contributed by atoms with Crippen LogP contribution in [0.2, 0.25) is 0 Å². The van der Waals surface area contributed by atoms with Crippen LogP contribution in [0.25, 0.3) is 0 Å². The summed E-state index contributed by atoms with van der Waals surface area (Å²) in [5.74, 6) is 1.38. The Hall–Kier alpha value is -2.78. The molecule has 1 fully saturated rings. The van der Waals surface area contributed by atoms with E-state index >= 15 is 0 Å². The summed E-state index contributed by atoms with van der Waals surface area (Å²) in [4.78, 5) is 14.4. The smallest absolute Gasteiger partial charge is 0.289 e. The van der Waals surface area contributed by atoms with Gasteiger partial charge >= 0.3 is 0 Å². The molecule has 1 aliphatic heterocycles. The number of ether oxygens (including phenoxy) is 2. The Bertz CT molecular complexity index is 775. The quantitative estimate of drug-likeness (QED) is 0.855. The summed E-state index contributed by atoms with van der Waals surface area (Å²) in [5.41, 5.74) is 0.576. The lowest BCUT2D eigenvalue weighted by atomic mass is 10.2. The molecule has 0 bridgehead atoms. The second-order valence-corrected chi connectivity index (χ2v) is 6.14. The number of hydrogen-bond donors (Lipinski definition) is 0. The van der Waals surface area contributed by atoms with Crippen molar-refractivity contribution in [3.63, 3.8) is 0 Å². The minimum absolute atomic E-state index is 0.0205. The number of furan rings is 1. The summed E-state index contributed by atoms with van der Waals surface area (Å²) >= 11 is 0. The van der Waals surface area contributed by atoms with Crippen molar-refractivity contribution in [2.75, 3.05) is 13.2 Å². The van der Waals surface area contributed by atoms with Gasteiger partial charge in [-0.3, -0.25) is 4.79 Å². The highest BCUT2D eigenvalue weighted by atomic mass is 16.5. The van der Waals surface area contributed by atoms with Crippen molar-refractivity contribution >= 4 is 5.91 Å². The van der Waals surface area contributed by atoms with E-state index in [9.17, 15) is 4.79 Å². The van der Waals surface area contributed by atoms with Crippen molar-refractivity contribution in [2.45, 2.75) is 32.6 Å². The number of rotatable bonds is 4. The molecule has 2 aromatic rings. The predicted octanol–water partition coefficient (Wildman–Crippen LogP) is 2.98. The van der Waals surface area contributed by atoms with Crippen molar-refractivity contribution < 1.29 is 18.7 Å². The monoisotopic (exact) mass is 340 g/mol.